The molecular weight excluding hydrogens is 541 g/mol. The Balaban J connectivity index is 1.62. The number of ether oxygens (including phenoxy) is 1. The van der Waals surface area contributed by atoms with E-state index < -0.39 is 79.1 Å². The van der Waals surface area contributed by atoms with Crippen LogP contribution in [-0.2, 0) is 35.8 Å². The molecule has 39 heavy (non-hydrogen) atoms. The molecule has 11 nitrogen and oxygen atoms in total. The number of carbonyl (C=O) groups is 1. The smallest absolute Gasteiger partial charge is 0.403 e. The number of rotatable bonds is 5. The van der Waals surface area contributed by atoms with Crippen molar-refractivity contribution in [1.29, 1.82) is 0 Å². The Morgan fingerprint density at radius 1 is 1.28 bits per heavy atom. The summed E-state index contributed by atoms with van der Waals surface area (Å²) in [5.41, 5.74) is -3.06. The van der Waals surface area contributed by atoms with E-state index in [2.05, 4.69) is 0 Å². The largest absolute Gasteiger partial charge is 0.530 e. The van der Waals surface area contributed by atoms with Crippen LogP contribution >= 0.6 is 7.82 Å². The van der Waals surface area contributed by atoms with Crippen molar-refractivity contribution < 1.29 is 42.9 Å². The number of carbonyl (C=O) groups excluding carboxylic acids is 1. The molecule has 0 amide bonds. The molecule has 3 heterocycles. The molecule has 2 aliphatic rings. The zero-order valence-electron chi connectivity index (χ0n) is 23.3. The Morgan fingerprint density at radius 3 is 2.51 bits per heavy atom. The molecule has 1 aromatic carbocycles. The Bertz CT molecular complexity index is 1530. The SMILES string of the molecule is [2H][C@@]1(n2cc(C=O)c(=O)[nH]c2=O)O[C@](F)(COP2(=O)OCc3c(F)c(C(C)(C)C)cc(C(C)(C)C)c3O2)C[C@H]1O. The van der Waals surface area contributed by atoms with Gasteiger partial charge in [0.05, 0.1) is 19.1 Å². The third kappa shape index (κ3) is 5.64. The number of fused-ring (bicyclic) bond motifs is 1. The molecule has 2 aromatic rings. The lowest BCUT2D eigenvalue weighted by Gasteiger charge is -2.34. The second kappa shape index (κ2) is 9.74. The van der Waals surface area contributed by atoms with E-state index in [1.807, 2.05) is 41.5 Å². The first-order valence-electron chi connectivity index (χ1n) is 12.6. The van der Waals surface area contributed by atoms with Crippen molar-refractivity contribution in [3.05, 3.63) is 61.2 Å². The maximum Gasteiger partial charge on any atom is 0.530 e. The average molecular weight is 574 g/mol. The van der Waals surface area contributed by atoms with E-state index in [1.165, 1.54) is 0 Å². The summed E-state index contributed by atoms with van der Waals surface area (Å²) in [7, 11) is -4.57. The van der Waals surface area contributed by atoms with E-state index in [-0.39, 0.29) is 17.6 Å². The van der Waals surface area contributed by atoms with Crippen LogP contribution in [0.15, 0.2) is 21.9 Å². The van der Waals surface area contributed by atoms with Crippen LogP contribution < -0.4 is 15.8 Å². The van der Waals surface area contributed by atoms with Gasteiger partial charge in [0.25, 0.3) is 5.56 Å². The highest BCUT2D eigenvalue weighted by atomic mass is 31.2. The quantitative estimate of drug-likeness (QED) is 0.403. The van der Waals surface area contributed by atoms with Crippen molar-refractivity contribution in [3.8, 4) is 5.75 Å². The van der Waals surface area contributed by atoms with Crippen LogP contribution in [0.25, 0.3) is 0 Å². The van der Waals surface area contributed by atoms with Gasteiger partial charge in [-0.2, -0.15) is 0 Å². The van der Waals surface area contributed by atoms with Gasteiger partial charge in [-0.3, -0.25) is 28.2 Å². The van der Waals surface area contributed by atoms with Crippen LogP contribution in [0.1, 0.15) is 82.6 Å². The first-order valence-corrected chi connectivity index (χ1v) is 13.5. The predicted molar refractivity (Wildman–Crippen MR) is 134 cm³/mol. The summed E-state index contributed by atoms with van der Waals surface area (Å²) in [6.07, 6.45) is -4.98. The van der Waals surface area contributed by atoms with Gasteiger partial charge in [-0.15, -0.1) is 0 Å². The second-order valence-electron chi connectivity index (χ2n) is 11.6. The summed E-state index contributed by atoms with van der Waals surface area (Å²) in [5, 5.41) is 10.5. The maximum atomic E-state index is 15.7. The van der Waals surface area contributed by atoms with E-state index in [0.717, 1.165) is 0 Å². The number of hydrogen-bond donors (Lipinski definition) is 2. The van der Waals surface area contributed by atoms with E-state index in [0.29, 0.717) is 21.9 Å². The molecule has 2 N–H and O–H groups in total. The normalized spacial score (nSPS) is 29.5. The van der Waals surface area contributed by atoms with Crippen molar-refractivity contribution in [3.63, 3.8) is 0 Å². The van der Waals surface area contributed by atoms with Crippen molar-refractivity contribution >= 4 is 14.1 Å². The van der Waals surface area contributed by atoms with Gasteiger partial charge < -0.3 is 14.4 Å². The Labute approximate surface area is 224 Å². The van der Waals surface area contributed by atoms with Crippen LogP contribution in [-0.4, -0.2) is 39.5 Å². The maximum absolute atomic E-state index is 15.7. The Morgan fingerprint density at radius 2 is 1.92 bits per heavy atom. The van der Waals surface area contributed by atoms with Gasteiger partial charge in [0, 0.05) is 18.2 Å². The van der Waals surface area contributed by atoms with Crippen LogP contribution in [0.2, 0.25) is 0 Å². The zero-order valence-corrected chi connectivity index (χ0v) is 23.2. The highest BCUT2D eigenvalue weighted by Crippen LogP contribution is 2.58. The first kappa shape index (κ1) is 27.9. The lowest BCUT2D eigenvalue weighted by atomic mass is 9.78. The fraction of sp³-hybridized carbons (Fsp3) is 0.560. The molecule has 0 spiro atoms. The topological polar surface area (TPSA) is 146 Å². The number of aromatic amines is 1. The molecule has 2 aliphatic heterocycles. The average Bonchev–Trinajstić information content (AvgIpc) is 3.05. The van der Waals surface area contributed by atoms with E-state index in [4.69, 9.17) is 19.7 Å². The number of alkyl halides is 1. The molecule has 1 aromatic heterocycles. The summed E-state index contributed by atoms with van der Waals surface area (Å²) in [6.45, 7) is 9.40. The number of benzene rings is 1. The fourth-order valence-corrected chi connectivity index (χ4v) is 5.51. The monoisotopic (exact) mass is 573 g/mol. The Hall–Kier alpha value is -2.70. The minimum absolute atomic E-state index is 0.0310. The number of nitrogens with one attached hydrogen (secondary N) is 1. The summed E-state index contributed by atoms with van der Waals surface area (Å²) in [4.78, 5) is 36.9. The Kier molecular flexibility index (Phi) is 6.96. The second-order valence-corrected chi connectivity index (χ2v) is 13.1. The highest BCUT2D eigenvalue weighted by molar-refractivity contribution is 7.49. The molecule has 1 saturated heterocycles. The highest BCUT2D eigenvalue weighted by Gasteiger charge is 2.51. The number of aliphatic hydroxyl groups is 1. The molecular formula is C25H31F2N2O9P. The van der Waals surface area contributed by atoms with E-state index in [1.54, 1.807) is 11.1 Å². The van der Waals surface area contributed by atoms with Crippen LogP contribution in [0.3, 0.4) is 0 Å². The van der Waals surface area contributed by atoms with Crippen LogP contribution in [0.4, 0.5) is 8.78 Å². The third-order valence-corrected chi connectivity index (χ3v) is 7.63. The third-order valence-electron chi connectivity index (χ3n) is 6.34. The van der Waals surface area contributed by atoms with Crippen molar-refractivity contribution in [1.82, 2.24) is 9.55 Å². The lowest BCUT2D eigenvalue weighted by molar-refractivity contribution is -0.179. The van der Waals surface area contributed by atoms with Crippen LogP contribution in [0, 0.1) is 5.82 Å². The minimum atomic E-state index is -4.57. The number of halogens is 2. The molecule has 0 bridgehead atoms. The van der Waals surface area contributed by atoms with Crippen molar-refractivity contribution in [2.45, 2.75) is 83.6 Å². The minimum Gasteiger partial charge on any atom is -0.403 e. The van der Waals surface area contributed by atoms with Gasteiger partial charge in [-0.05, 0) is 22.5 Å². The van der Waals surface area contributed by atoms with Gasteiger partial charge in [0.15, 0.2) is 12.5 Å². The summed E-state index contributed by atoms with van der Waals surface area (Å²) >= 11 is 0. The van der Waals surface area contributed by atoms with Crippen LogP contribution in [0.5, 0.6) is 5.75 Å². The number of hydrogen-bond acceptors (Lipinski definition) is 9. The van der Waals surface area contributed by atoms with Gasteiger partial charge in [0.2, 0.25) is 5.85 Å². The number of H-pyrrole nitrogens is 1. The molecule has 0 aliphatic carbocycles. The predicted octanol–water partition coefficient (Wildman–Crippen LogP) is 3.76. The van der Waals surface area contributed by atoms with E-state index in [9.17, 15) is 24.1 Å². The molecule has 14 heteroatoms. The number of nitrogens with zero attached hydrogens (tertiary/aromatic N) is 1. The molecule has 0 radical (unpaired) electrons. The molecule has 4 rings (SSSR count). The molecule has 4 atom stereocenters. The molecule has 0 saturated carbocycles. The van der Waals surface area contributed by atoms with Gasteiger partial charge in [-0.25, -0.2) is 18.1 Å². The first-order chi connectivity index (χ1) is 18.2. The van der Waals surface area contributed by atoms with Crippen molar-refractivity contribution in [2.24, 2.45) is 0 Å². The number of aliphatic hydroxyl groups excluding tert-OH is 1. The molecule has 1 unspecified atom stereocenters. The zero-order chi connectivity index (χ0) is 30.1. The number of phosphoric ester groups is 1. The summed E-state index contributed by atoms with van der Waals surface area (Å²) in [5.74, 6) is -3.63. The molecule has 214 valence electrons. The summed E-state index contributed by atoms with van der Waals surface area (Å²) < 4.78 is 74.4. The standard InChI is InChI=1S/C25H31F2N2O9P/c1-23(2,3)15-7-16(24(4,5)6)19-14(18(15)26)11-35-39(34,38-19)36-12-25(27)8-17(31)21(37-25)29-9-13(10-30)20(32)28-22(29)33/h7,9-10,17,21,31H,8,11-12H2,1-6H3,(H,28,32,33)/t17-,21-,25+,39?/m1/s1/i21D. The van der Waals surface area contributed by atoms with Crippen molar-refractivity contribution in [2.75, 3.05) is 6.61 Å². The van der Waals surface area contributed by atoms with Gasteiger partial charge in [-0.1, -0.05) is 41.5 Å². The van der Waals surface area contributed by atoms with Gasteiger partial charge in [0.1, 0.15) is 24.3 Å². The fourth-order valence-electron chi connectivity index (χ4n) is 4.26. The number of aromatic nitrogens is 2. The molecule has 1 fully saturated rings. The van der Waals surface area contributed by atoms with Gasteiger partial charge >= 0.3 is 13.5 Å². The lowest BCUT2D eigenvalue weighted by Crippen LogP contribution is -2.37. The van der Waals surface area contributed by atoms with E-state index >= 15 is 8.78 Å². The summed E-state index contributed by atoms with van der Waals surface area (Å²) in [6, 6.07) is 1.63. The number of aldehydes is 1. The number of phosphoric acid groups is 1.